The molecule has 94 valence electrons. The summed E-state index contributed by atoms with van der Waals surface area (Å²) in [7, 11) is 0. The average Bonchev–Trinajstić information content (AvgIpc) is 3.04. The minimum atomic E-state index is 0.651. The summed E-state index contributed by atoms with van der Waals surface area (Å²) in [6.07, 6.45) is 3.84. The minimum Gasteiger partial charge on any atom is -0.308 e. The van der Waals surface area contributed by atoms with Crippen LogP contribution in [-0.4, -0.2) is 28.5 Å². The van der Waals surface area contributed by atoms with Crippen molar-refractivity contribution in [2.75, 3.05) is 6.54 Å². The van der Waals surface area contributed by atoms with Crippen molar-refractivity contribution in [1.29, 1.82) is 0 Å². The largest absolute Gasteiger partial charge is 0.308 e. The fraction of sp³-hybridized carbons (Fsp3) is 0.769. The van der Waals surface area contributed by atoms with E-state index in [0.717, 1.165) is 25.6 Å². The molecule has 1 saturated carbocycles. The number of thiazole rings is 1. The molecule has 0 atom stereocenters. The molecule has 3 rings (SSSR count). The molecular formula is C13H21N3S. The first-order valence-electron chi connectivity index (χ1n) is 6.67. The van der Waals surface area contributed by atoms with Crippen LogP contribution >= 0.6 is 11.3 Å². The van der Waals surface area contributed by atoms with Crippen LogP contribution in [0.5, 0.6) is 0 Å². The van der Waals surface area contributed by atoms with Gasteiger partial charge in [-0.3, -0.25) is 4.90 Å². The predicted octanol–water partition coefficient (Wildman–Crippen LogP) is 2.16. The molecule has 2 heterocycles. The Morgan fingerprint density at radius 1 is 1.47 bits per heavy atom. The van der Waals surface area contributed by atoms with Crippen LogP contribution in [0.1, 0.15) is 42.3 Å². The van der Waals surface area contributed by atoms with Gasteiger partial charge in [0.15, 0.2) is 0 Å². The van der Waals surface area contributed by atoms with Crippen LogP contribution in [0.25, 0.3) is 0 Å². The second kappa shape index (κ2) is 4.67. The van der Waals surface area contributed by atoms with Crippen molar-refractivity contribution in [1.82, 2.24) is 15.2 Å². The van der Waals surface area contributed by atoms with Gasteiger partial charge in [0.25, 0.3) is 0 Å². The van der Waals surface area contributed by atoms with Gasteiger partial charge in [-0.25, -0.2) is 4.98 Å². The van der Waals surface area contributed by atoms with E-state index in [2.05, 4.69) is 24.1 Å². The highest BCUT2D eigenvalue weighted by Crippen LogP contribution is 2.27. The zero-order valence-corrected chi connectivity index (χ0v) is 11.5. The molecule has 1 aromatic heterocycles. The molecule has 17 heavy (non-hydrogen) atoms. The van der Waals surface area contributed by atoms with E-state index in [1.54, 1.807) is 0 Å². The van der Waals surface area contributed by atoms with E-state index in [1.807, 2.05) is 11.3 Å². The van der Waals surface area contributed by atoms with Crippen LogP contribution in [-0.2, 0) is 19.5 Å². The topological polar surface area (TPSA) is 28.2 Å². The first-order chi connectivity index (χ1) is 8.22. The van der Waals surface area contributed by atoms with Gasteiger partial charge in [0, 0.05) is 43.0 Å². The number of nitrogens with one attached hydrogen (secondary N) is 1. The smallest absolute Gasteiger partial charge is 0.107 e. The maximum atomic E-state index is 4.77. The lowest BCUT2D eigenvalue weighted by molar-refractivity contribution is 0.205. The van der Waals surface area contributed by atoms with Crippen molar-refractivity contribution in [3.8, 4) is 0 Å². The molecule has 1 fully saturated rings. The van der Waals surface area contributed by atoms with Gasteiger partial charge in [-0.05, 0) is 26.7 Å². The first kappa shape index (κ1) is 11.6. The monoisotopic (exact) mass is 251 g/mol. The summed E-state index contributed by atoms with van der Waals surface area (Å²) in [6.45, 7) is 7.81. The van der Waals surface area contributed by atoms with Crippen molar-refractivity contribution in [3.63, 3.8) is 0 Å². The molecule has 0 aromatic carbocycles. The third kappa shape index (κ3) is 2.69. The normalized spacial score (nSPS) is 20.9. The van der Waals surface area contributed by atoms with Gasteiger partial charge >= 0.3 is 0 Å². The predicted molar refractivity (Wildman–Crippen MR) is 71.2 cm³/mol. The Morgan fingerprint density at radius 3 is 3.00 bits per heavy atom. The van der Waals surface area contributed by atoms with E-state index in [-0.39, 0.29) is 0 Å². The van der Waals surface area contributed by atoms with Crippen LogP contribution in [0.4, 0.5) is 0 Å². The van der Waals surface area contributed by atoms with E-state index < -0.39 is 0 Å². The van der Waals surface area contributed by atoms with Crippen molar-refractivity contribution in [2.45, 2.75) is 58.3 Å². The Labute approximate surface area is 107 Å². The number of nitrogens with zero attached hydrogens (tertiary/aromatic N) is 2. The molecule has 3 nitrogen and oxygen atoms in total. The lowest BCUT2D eigenvalue weighted by Gasteiger charge is -2.29. The summed E-state index contributed by atoms with van der Waals surface area (Å²) >= 11 is 1.91. The van der Waals surface area contributed by atoms with Gasteiger partial charge in [0.2, 0.25) is 0 Å². The second-order valence-electron chi connectivity index (χ2n) is 5.45. The van der Waals surface area contributed by atoms with E-state index >= 15 is 0 Å². The Bertz CT molecular complexity index is 395. The summed E-state index contributed by atoms with van der Waals surface area (Å²) in [5.41, 5.74) is 1.36. The van der Waals surface area contributed by atoms with Crippen molar-refractivity contribution >= 4 is 11.3 Å². The Balaban J connectivity index is 1.65. The highest BCUT2D eigenvalue weighted by atomic mass is 32.1. The van der Waals surface area contributed by atoms with Gasteiger partial charge in [-0.2, -0.15) is 0 Å². The highest BCUT2D eigenvalue weighted by molar-refractivity contribution is 7.11. The van der Waals surface area contributed by atoms with Gasteiger partial charge in [-0.1, -0.05) is 0 Å². The third-order valence-electron chi connectivity index (χ3n) is 3.65. The van der Waals surface area contributed by atoms with E-state index in [4.69, 9.17) is 4.98 Å². The summed E-state index contributed by atoms with van der Waals surface area (Å²) in [6, 6.07) is 1.43. The zero-order chi connectivity index (χ0) is 11.8. The summed E-state index contributed by atoms with van der Waals surface area (Å²) < 4.78 is 0. The standard InChI is InChI=1S/C13H21N3S/c1-9(2)16-6-5-11-12(8-16)17-13(15-11)7-14-10-3-4-10/h9-10,14H,3-8H2,1-2H3. The fourth-order valence-corrected chi connectivity index (χ4v) is 3.40. The van der Waals surface area contributed by atoms with Gasteiger partial charge < -0.3 is 5.32 Å². The molecule has 2 aliphatic rings. The molecule has 0 amide bonds. The van der Waals surface area contributed by atoms with E-state index in [0.29, 0.717) is 6.04 Å². The Hall–Kier alpha value is -0.450. The van der Waals surface area contributed by atoms with Crippen LogP contribution in [0, 0.1) is 0 Å². The van der Waals surface area contributed by atoms with Gasteiger partial charge in [0.1, 0.15) is 5.01 Å². The summed E-state index contributed by atoms with van der Waals surface area (Å²) in [5.74, 6) is 0. The molecular weight excluding hydrogens is 230 g/mol. The van der Waals surface area contributed by atoms with Crippen molar-refractivity contribution in [2.24, 2.45) is 0 Å². The quantitative estimate of drug-likeness (QED) is 0.889. The number of fused-ring (bicyclic) bond motifs is 1. The molecule has 1 aliphatic carbocycles. The summed E-state index contributed by atoms with van der Waals surface area (Å²) in [5, 5.41) is 4.84. The molecule has 0 radical (unpaired) electrons. The van der Waals surface area contributed by atoms with Crippen LogP contribution < -0.4 is 5.32 Å². The molecule has 0 unspecified atom stereocenters. The van der Waals surface area contributed by atoms with Crippen LogP contribution in [0.2, 0.25) is 0 Å². The molecule has 1 aromatic rings. The third-order valence-corrected chi connectivity index (χ3v) is 4.74. The minimum absolute atomic E-state index is 0.651. The number of rotatable bonds is 4. The average molecular weight is 251 g/mol. The van der Waals surface area contributed by atoms with E-state index in [1.165, 1.54) is 35.0 Å². The zero-order valence-electron chi connectivity index (χ0n) is 10.7. The lowest BCUT2D eigenvalue weighted by atomic mass is 10.1. The van der Waals surface area contributed by atoms with Crippen LogP contribution in [0.3, 0.4) is 0 Å². The Kier molecular flexibility index (Phi) is 3.19. The number of aromatic nitrogens is 1. The fourth-order valence-electron chi connectivity index (χ4n) is 2.30. The maximum Gasteiger partial charge on any atom is 0.107 e. The lowest BCUT2D eigenvalue weighted by Crippen LogP contribution is -2.35. The maximum absolute atomic E-state index is 4.77. The molecule has 1 N–H and O–H groups in total. The van der Waals surface area contributed by atoms with E-state index in [9.17, 15) is 0 Å². The molecule has 0 bridgehead atoms. The van der Waals surface area contributed by atoms with Crippen molar-refractivity contribution < 1.29 is 0 Å². The van der Waals surface area contributed by atoms with Crippen molar-refractivity contribution in [3.05, 3.63) is 15.6 Å². The first-order valence-corrected chi connectivity index (χ1v) is 7.49. The molecule has 0 saturated heterocycles. The SMILES string of the molecule is CC(C)N1CCc2nc(CNC3CC3)sc2C1. The van der Waals surface area contributed by atoms with Gasteiger partial charge in [-0.15, -0.1) is 11.3 Å². The van der Waals surface area contributed by atoms with Gasteiger partial charge in [0.05, 0.1) is 5.69 Å². The molecule has 4 heteroatoms. The Morgan fingerprint density at radius 2 is 2.29 bits per heavy atom. The number of hydrogen-bond acceptors (Lipinski definition) is 4. The molecule has 1 aliphatic heterocycles. The number of hydrogen-bond donors (Lipinski definition) is 1. The molecule has 0 spiro atoms. The highest BCUT2D eigenvalue weighted by Gasteiger charge is 2.24. The summed E-state index contributed by atoms with van der Waals surface area (Å²) in [4.78, 5) is 8.81. The van der Waals surface area contributed by atoms with Crippen LogP contribution in [0.15, 0.2) is 0 Å². The second-order valence-corrected chi connectivity index (χ2v) is 6.62.